The van der Waals surface area contributed by atoms with Gasteiger partial charge in [0.05, 0.1) is 0 Å². The zero-order valence-electron chi connectivity index (χ0n) is 9.99. The highest BCUT2D eigenvalue weighted by molar-refractivity contribution is 6.10. The van der Waals surface area contributed by atoms with Gasteiger partial charge in [-0.25, -0.2) is 9.59 Å². The van der Waals surface area contributed by atoms with Gasteiger partial charge in [-0.1, -0.05) is 5.06 Å². The molecule has 1 rings (SSSR count). The lowest BCUT2D eigenvalue weighted by Crippen LogP contribution is -2.39. The van der Waals surface area contributed by atoms with Gasteiger partial charge in [-0.05, 0) is 34.6 Å². The molecule has 0 saturated carbocycles. The van der Waals surface area contributed by atoms with Gasteiger partial charge in [0.25, 0.3) is 5.91 Å². The van der Waals surface area contributed by atoms with Crippen molar-refractivity contribution in [3.05, 3.63) is 0 Å². The van der Waals surface area contributed by atoms with Gasteiger partial charge in [-0.2, -0.15) is 0 Å². The van der Waals surface area contributed by atoms with Gasteiger partial charge in [-0.3, -0.25) is 4.79 Å². The molecule has 1 saturated heterocycles. The summed E-state index contributed by atoms with van der Waals surface area (Å²) >= 11 is 0. The molecule has 90 valence electrons. The lowest BCUT2D eigenvalue weighted by Gasteiger charge is -2.21. The van der Waals surface area contributed by atoms with Crippen LogP contribution >= 0.6 is 0 Å². The van der Waals surface area contributed by atoms with Crippen molar-refractivity contribution in [1.82, 2.24) is 5.06 Å². The second kappa shape index (κ2) is 3.47. The normalized spacial score (nSPS) is 19.7. The number of imide groups is 1. The first-order valence-electron chi connectivity index (χ1n) is 4.85. The van der Waals surface area contributed by atoms with Gasteiger partial charge in [0.1, 0.15) is 11.0 Å². The number of amides is 2. The zero-order valence-corrected chi connectivity index (χ0v) is 9.99. The zero-order chi connectivity index (χ0) is 12.7. The van der Waals surface area contributed by atoms with Crippen molar-refractivity contribution in [3.63, 3.8) is 0 Å². The lowest BCUT2D eigenvalue weighted by atomic mass is 9.94. The minimum Gasteiger partial charge on any atom is -0.441 e. The fourth-order valence-corrected chi connectivity index (χ4v) is 1.00. The van der Waals surface area contributed by atoms with Crippen LogP contribution in [0.2, 0.25) is 0 Å². The van der Waals surface area contributed by atoms with Crippen molar-refractivity contribution in [3.8, 4) is 0 Å². The van der Waals surface area contributed by atoms with E-state index in [0.717, 1.165) is 0 Å². The Morgan fingerprint density at radius 3 is 2.12 bits per heavy atom. The van der Waals surface area contributed by atoms with Crippen molar-refractivity contribution in [2.45, 2.75) is 40.2 Å². The molecule has 0 aromatic rings. The molecule has 0 unspecified atom stereocenters. The number of nitrogens with zero attached hydrogens (tertiary/aromatic N) is 1. The van der Waals surface area contributed by atoms with Crippen molar-refractivity contribution in [1.29, 1.82) is 0 Å². The van der Waals surface area contributed by atoms with Gasteiger partial charge in [0, 0.05) is 0 Å². The van der Waals surface area contributed by atoms with Crippen LogP contribution in [0.3, 0.4) is 0 Å². The molecule has 0 N–H and O–H groups in total. The van der Waals surface area contributed by atoms with E-state index >= 15 is 0 Å². The van der Waals surface area contributed by atoms with Crippen molar-refractivity contribution in [2.75, 3.05) is 0 Å². The summed E-state index contributed by atoms with van der Waals surface area (Å²) in [5, 5.41) is 0.369. The number of hydrogen-bond acceptors (Lipinski definition) is 5. The van der Waals surface area contributed by atoms with Crippen LogP contribution in [0.4, 0.5) is 4.79 Å². The van der Waals surface area contributed by atoms with E-state index in [1.54, 1.807) is 20.8 Å². The molecule has 0 spiro atoms. The monoisotopic (exact) mass is 229 g/mol. The van der Waals surface area contributed by atoms with Crippen LogP contribution in [0.1, 0.15) is 34.6 Å². The largest absolute Gasteiger partial charge is 0.451 e. The molecule has 16 heavy (non-hydrogen) atoms. The van der Waals surface area contributed by atoms with E-state index in [-0.39, 0.29) is 0 Å². The predicted octanol–water partition coefficient (Wildman–Crippen LogP) is 1.25. The third-order valence-electron chi connectivity index (χ3n) is 1.96. The quantitative estimate of drug-likeness (QED) is 0.584. The maximum absolute atomic E-state index is 11.6. The van der Waals surface area contributed by atoms with Crippen LogP contribution in [-0.4, -0.2) is 28.6 Å². The molecular weight excluding hydrogens is 214 g/mol. The Labute approximate surface area is 93.4 Å². The minimum atomic E-state index is -1.34. The Kier molecular flexibility index (Phi) is 2.70. The summed E-state index contributed by atoms with van der Waals surface area (Å²) in [5.74, 6) is -1.48. The van der Waals surface area contributed by atoms with E-state index < -0.39 is 29.0 Å². The van der Waals surface area contributed by atoms with E-state index in [0.29, 0.717) is 5.06 Å². The van der Waals surface area contributed by atoms with Crippen molar-refractivity contribution < 1.29 is 24.0 Å². The number of hydroxylamine groups is 2. The highest BCUT2D eigenvalue weighted by Gasteiger charge is 2.53. The van der Waals surface area contributed by atoms with E-state index in [1.165, 1.54) is 13.8 Å². The van der Waals surface area contributed by atoms with Crippen molar-refractivity contribution >= 4 is 18.0 Å². The summed E-state index contributed by atoms with van der Waals surface area (Å²) in [5.41, 5.74) is -2.09. The Balaban J connectivity index is 2.82. The van der Waals surface area contributed by atoms with Gasteiger partial charge in [-0.15, -0.1) is 0 Å². The average molecular weight is 229 g/mol. The Morgan fingerprint density at radius 2 is 1.81 bits per heavy atom. The van der Waals surface area contributed by atoms with Crippen LogP contribution in [0.5, 0.6) is 0 Å². The molecule has 6 heteroatoms. The van der Waals surface area contributed by atoms with Crippen LogP contribution in [0, 0.1) is 5.41 Å². The molecule has 0 radical (unpaired) electrons. The van der Waals surface area contributed by atoms with Crippen LogP contribution in [0.15, 0.2) is 0 Å². The molecule has 0 aromatic carbocycles. The van der Waals surface area contributed by atoms with Crippen LogP contribution in [0.25, 0.3) is 0 Å². The number of rotatable bonds is 0. The minimum absolute atomic E-state index is 0.369. The summed E-state index contributed by atoms with van der Waals surface area (Å²) in [6.45, 7) is 7.74. The molecule has 1 heterocycles. The number of ether oxygens (including phenoxy) is 1. The number of carbonyl (C=O) groups is 3. The molecule has 6 nitrogen and oxygen atoms in total. The summed E-state index contributed by atoms with van der Waals surface area (Å²) < 4.78 is 4.92. The predicted molar refractivity (Wildman–Crippen MR) is 53.0 cm³/mol. The van der Waals surface area contributed by atoms with E-state index in [2.05, 4.69) is 4.84 Å². The average Bonchev–Trinajstić information content (AvgIpc) is 2.26. The number of carbonyl (C=O) groups excluding carboxylic acids is 3. The van der Waals surface area contributed by atoms with E-state index in [4.69, 9.17) is 4.74 Å². The molecule has 2 amide bonds. The van der Waals surface area contributed by atoms with Crippen molar-refractivity contribution in [2.24, 2.45) is 5.41 Å². The summed E-state index contributed by atoms with van der Waals surface area (Å²) in [4.78, 5) is 39.0. The fraction of sp³-hybridized carbons (Fsp3) is 0.700. The molecule has 1 fully saturated rings. The lowest BCUT2D eigenvalue weighted by molar-refractivity contribution is -0.173. The molecule has 0 aromatic heterocycles. The van der Waals surface area contributed by atoms with Crippen LogP contribution in [-0.2, 0) is 19.2 Å². The highest BCUT2D eigenvalue weighted by atomic mass is 16.8. The van der Waals surface area contributed by atoms with Gasteiger partial charge >= 0.3 is 12.1 Å². The first-order valence-corrected chi connectivity index (χ1v) is 4.85. The standard InChI is InChI=1S/C10H15NO5/c1-9(2,3)15-8(14)11-6(12)10(4,5)7(13)16-11/h1-5H3. The molecule has 1 aliphatic rings. The first kappa shape index (κ1) is 12.5. The molecule has 0 bridgehead atoms. The third-order valence-corrected chi connectivity index (χ3v) is 1.96. The Morgan fingerprint density at radius 1 is 1.31 bits per heavy atom. The maximum Gasteiger partial charge on any atom is 0.451 e. The molecule has 0 aliphatic carbocycles. The number of hydrogen-bond donors (Lipinski definition) is 0. The topological polar surface area (TPSA) is 72.9 Å². The van der Waals surface area contributed by atoms with Gasteiger partial charge in [0.2, 0.25) is 0 Å². The summed E-state index contributed by atoms with van der Waals surface area (Å²) in [6, 6.07) is 0. The summed E-state index contributed by atoms with van der Waals surface area (Å²) in [6.07, 6.45) is -0.976. The summed E-state index contributed by atoms with van der Waals surface area (Å²) in [7, 11) is 0. The smallest absolute Gasteiger partial charge is 0.441 e. The van der Waals surface area contributed by atoms with Gasteiger partial charge < -0.3 is 9.57 Å². The first-order chi connectivity index (χ1) is 7.05. The maximum atomic E-state index is 11.6. The Bertz CT molecular complexity index is 353. The third kappa shape index (κ3) is 2.15. The van der Waals surface area contributed by atoms with E-state index in [1.807, 2.05) is 0 Å². The molecule has 1 aliphatic heterocycles. The van der Waals surface area contributed by atoms with Crippen LogP contribution < -0.4 is 0 Å². The second-order valence-electron chi connectivity index (χ2n) is 5.08. The molecular formula is C10H15NO5. The van der Waals surface area contributed by atoms with Gasteiger partial charge in [0.15, 0.2) is 0 Å². The Hall–Kier alpha value is -1.59. The second-order valence-corrected chi connectivity index (χ2v) is 5.08. The molecule has 0 atom stereocenters. The van der Waals surface area contributed by atoms with E-state index in [9.17, 15) is 14.4 Å². The fourth-order valence-electron chi connectivity index (χ4n) is 1.00. The highest BCUT2D eigenvalue weighted by Crippen LogP contribution is 2.29. The SMILES string of the molecule is CC(C)(C)OC(=O)N1OC(=O)C(C)(C)C1=O.